The Morgan fingerprint density at radius 3 is 2.38 bits per heavy atom. The number of nitrogens with one attached hydrogen (secondary N) is 2. The Hall–Kier alpha value is -2.84. The van der Waals surface area contributed by atoms with Gasteiger partial charge in [0.05, 0.1) is 12.0 Å². The molecule has 0 aromatic heterocycles. The number of hydrogen-bond donors (Lipinski definition) is 2. The third kappa shape index (κ3) is 6.62. The molecule has 2 aromatic carbocycles. The number of hydrogen-bond acceptors (Lipinski definition) is 5. The summed E-state index contributed by atoms with van der Waals surface area (Å²) in [7, 11) is -2.04. The third-order valence-electron chi connectivity index (χ3n) is 3.74. The van der Waals surface area contributed by atoms with E-state index in [4.69, 9.17) is 9.47 Å². The molecule has 0 unspecified atom stereocenters. The number of methoxy groups -OCH3 is 1. The summed E-state index contributed by atoms with van der Waals surface area (Å²) in [5.41, 5.74) is 1.43. The quantitative estimate of drug-likeness (QED) is 0.651. The van der Waals surface area contributed by atoms with Gasteiger partial charge in [0.15, 0.2) is 18.1 Å². The van der Waals surface area contributed by atoms with Gasteiger partial charge >= 0.3 is 0 Å². The lowest BCUT2D eigenvalue weighted by molar-refractivity contribution is -0.118. The van der Waals surface area contributed by atoms with Crippen LogP contribution in [-0.2, 0) is 14.8 Å². The molecule has 0 spiro atoms. The van der Waals surface area contributed by atoms with Crippen LogP contribution in [0.25, 0.3) is 6.08 Å². The summed E-state index contributed by atoms with van der Waals surface area (Å²) >= 11 is 0. The second kappa shape index (κ2) is 10.1. The summed E-state index contributed by atoms with van der Waals surface area (Å²) in [6.07, 6.45) is 3.84. The van der Waals surface area contributed by atoms with Crippen LogP contribution in [0.15, 0.2) is 53.4 Å². The minimum Gasteiger partial charge on any atom is -0.493 e. The highest BCUT2D eigenvalue weighted by Crippen LogP contribution is 2.28. The second-order valence-corrected chi connectivity index (χ2v) is 8.26. The number of ether oxygens (including phenoxy) is 2. The second-order valence-electron chi connectivity index (χ2n) is 6.55. The average molecular weight is 419 g/mol. The number of benzene rings is 2. The molecular formula is C21H26N2O5S. The Kier molecular flexibility index (Phi) is 7.81. The number of rotatable bonds is 9. The Bertz CT molecular complexity index is 967. The largest absolute Gasteiger partial charge is 0.493 e. The van der Waals surface area contributed by atoms with Gasteiger partial charge in [-0.15, -0.1) is 0 Å². The molecule has 0 radical (unpaired) electrons. The van der Waals surface area contributed by atoms with E-state index >= 15 is 0 Å². The zero-order valence-corrected chi connectivity index (χ0v) is 17.7. The van der Waals surface area contributed by atoms with Crippen molar-refractivity contribution in [1.29, 1.82) is 0 Å². The van der Waals surface area contributed by atoms with Crippen molar-refractivity contribution in [2.24, 2.45) is 0 Å². The van der Waals surface area contributed by atoms with E-state index in [9.17, 15) is 13.2 Å². The highest BCUT2D eigenvalue weighted by molar-refractivity contribution is 7.89. The van der Waals surface area contributed by atoms with Crippen molar-refractivity contribution in [3.63, 3.8) is 0 Å². The standard InChI is InChI=1S/C21H26N2O5S/c1-5-6-16-7-12-19(20(13-16)27-4)28-14-21(24)22-17-8-10-18(11-9-17)29(25,26)23-15(2)3/h5-13,15,23H,14H2,1-4H3,(H,22,24)/b6-5+. The van der Waals surface area contributed by atoms with Gasteiger partial charge < -0.3 is 14.8 Å². The summed E-state index contributed by atoms with van der Waals surface area (Å²) in [5.74, 6) is 0.609. The SMILES string of the molecule is C/C=C/c1ccc(OCC(=O)Nc2ccc(S(=O)(=O)NC(C)C)cc2)c(OC)c1. The van der Waals surface area contributed by atoms with Crippen molar-refractivity contribution >= 4 is 27.7 Å². The van der Waals surface area contributed by atoms with Gasteiger partial charge in [-0.05, 0) is 62.7 Å². The first kappa shape index (κ1) is 22.4. The van der Waals surface area contributed by atoms with Crippen LogP contribution in [0.3, 0.4) is 0 Å². The zero-order valence-electron chi connectivity index (χ0n) is 16.9. The van der Waals surface area contributed by atoms with Gasteiger partial charge in [-0.1, -0.05) is 18.2 Å². The maximum atomic E-state index is 12.2. The smallest absolute Gasteiger partial charge is 0.262 e. The van der Waals surface area contributed by atoms with E-state index < -0.39 is 10.0 Å². The average Bonchev–Trinajstić information content (AvgIpc) is 2.66. The minimum absolute atomic E-state index is 0.131. The molecule has 2 N–H and O–H groups in total. The maximum absolute atomic E-state index is 12.2. The zero-order chi connectivity index (χ0) is 21.4. The number of amides is 1. The van der Waals surface area contributed by atoms with Crippen molar-refractivity contribution < 1.29 is 22.7 Å². The van der Waals surface area contributed by atoms with Gasteiger partial charge in [0.25, 0.3) is 5.91 Å². The van der Waals surface area contributed by atoms with Gasteiger partial charge in [0.2, 0.25) is 10.0 Å². The number of carbonyl (C=O) groups excluding carboxylic acids is 1. The molecule has 2 rings (SSSR count). The Morgan fingerprint density at radius 1 is 1.10 bits per heavy atom. The van der Waals surface area contributed by atoms with Crippen LogP contribution in [0.5, 0.6) is 11.5 Å². The Morgan fingerprint density at radius 2 is 1.79 bits per heavy atom. The van der Waals surface area contributed by atoms with E-state index in [0.29, 0.717) is 17.2 Å². The first-order chi connectivity index (χ1) is 13.7. The molecule has 1 amide bonds. The van der Waals surface area contributed by atoms with Crippen LogP contribution in [0.4, 0.5) is 5.69 Å². The van der Waals surface area contributed by atoms with Crippen LogP contribution < -0.4 is 19.5 Å². The number of allylic oxidation sites excluding steroid dienone is 1. The minimum atomic E-state index is -3.57. The highest BCUT2D eigenvalue weighted by atomic mass is 32.2. The van der Waals surface area contributed by atoms with Crippen LogP contribution >= 0.6 is 0 Å². The molecule has 2 aromatic rings. The lowest BCUT2D eigenvalue weighted by Crippen LogP contribution is -2.30. The molecule has 0 heterocycles. The van der Waals surface area contributed by atoms with Crippen LogP contribution in [0.2, 0.25) is 0 Å². The highest BCUT2D eigenvalue weighted by Gasteiger charge is 2.15. The lowest BCUT2D eigenvalue weighted by atomic mass is 10.2. The van der Waals surface area contributed by atoms with Gasteiger partial charge in [-0.3, -0.25) is 4.79 Å². The molecule has 29 heavy (non-hydrogen) atoms. The van der Waals surface area contributed by atoms with Crippen molar-refractivity contribution in [2.45, 2.75) is 31.7 Å². The van der Waals surface area contributed by atoms with Gasteiger partial charge in [-0.25, -0.2) is 13.1 Å². The molecule has 156 valence electrons. The molecule has 0 aliphatic carbocycles. The predicted octanol–water partition coefficient (Wildman–Crippen LogP) is 3.43. The monoisotopic (exact) mass is 418 g/mol. The van der Waals surface area contributed by atoms with Crippen molar-refractivity contribution in [3.05, 3.63) is 54.1 Å². The molecule has 7 nitrogen and oxygen atoms in total. The topological polar surface area (TPSA) is 93.7 Å². The molecule has 8 heteroatoms. The molecular weight excluding hydrogens is 392 g/mol. The fourth-order valence-electron chi connectivity index (χ4n) is 2.54. The third-order valence-corrected chi connectivity index (χ3v) is 5.42. The molecule has 0 aliphatic rings. The van der Waals surface area contributed by atoms with Crippen LogP contribution in [0.1, 0.15) is 26.3 Å². The molecule has 0 fully saturated rings. The summed E-state index contributed by atoms with van der Waals surface area (Å²) in [5, 5.41) is 2.67. The van der Waals surface area contributed by atoms with E-state index in [1.54, 1.807) is 19.9 Å². The normalized spacial score (nSPS) is 11.6. The number of sulfonamides is 1. The van der Waals surface area contributed by atoms with E-state index in [1.165, 1.54) is 31.4 Å². The van der Waals surface area contributed by atoms with Crippen LogP contribution in [0, 0.1) is 0 Å². The van der Waals surface area contributed by atoms with E-state index in [1.807, 2.05) is 31.2 Å². The number of anilines is 1. The predicted molar refractivity (Wildman–Crippen MR) is 114 cm³/mol. The molecule has 0 bridgehead atoms. The lowest BCUT2D eigenvalue weighted by Gasteiger charge is -2.12. The molecule has 0 saturated heterocycles. The van der Waals surface area contributed by atoms with Crippen molar-refractivity contribution in [2.75, 3.05) is 19.0 Å². The Balaban J connectivity index is 1.98. The molecule has 0 atom stereocenters. The summed E-state index contributed by atoms with van der Waals surface area (Å²) in [6.45, 7) is 5.20. The summed E-state index contributed by atoms with van der Waals surface area (Å²) < 4.78 is 37.6. The first-order valence-corrected chi connectivity index (χ1v) is 10.6. The fraction of sp³-hybridized carbons (Fsp3) is 0.286. The van der Waals surface area contributed by atoms with Crippen molar-refractivity contribution in [1.82, 2.24) is 4.72 Å². The van der Waals surface area contributed by atoms with E-state index in [2.05, 4.69) is 10.0 Å². The maximum Gasteiger partial charge on any atom is 0.262 e. The van der Waals surface area contributed by atoms with Gasteiger partial charge in [0, 0.05) is 11.7 Å². The summed E-state index contributed by atoms with van der Waals surface area (Å²) in [6, 6.07) is 11.1. The fourth-order valence-corrected chi connectivity index (χ4v) is 3.79. The first-order valence-electron chi connectivity index (χ1n) is 9.11. The van der Waals surface area contributed by atoms with Gasteiger partial charge in [0.1, 0.15) is 0 Å². The number of carbonyl (C=O) groups is 1. The molecule has 0 aliphatic heterocycles. The molecule has 0 saturated carbocycles. The van der Waals surface area contributed by atoms with E-state index in [0.717, 1.165) is 5.56 Å². The van der Waals surface area contributed by atoms with Crippen molar-refractivity contribution in [3.8, 4) is 11.5 Å². The van der Waals surface area contributed by atoms with E-state index in [-0.39, 0.29) is 23.5 Å². The van der Waals surface area contributed by atoms with Crippen LogP contribution in [-0.4, -0.2) is 34.1 Å². The summed E-state index contributed by atoms with van der Waals surface area (Å²) in [4.78, 5) is 12.3. The Labute approximate surface area is 171 Å². The van der Waals surface area contributed by atoms with Gasteiger partial charge in [-0.2, -0.15) is 0 Å².